The number of pyridine rings is 1. The van der Waals surface area contributed by atoms with Gasteiger partial charge in [0.05, 0.1) is 17.2 Å². The standard InChI is InChI=1S/C23H26N4O4S/c1-14(2)22-25-23(31-26-22)27-11-18-19(12-27)20(18)13-30-16-6-4-15(5-7-16)21-9-8-17(10-24-21)32(3,28)29/h4-10,14,18-20H,11-13H2,1-3H3/t18-,19+,20-. The van der Waals surface area contributed by atoms with Gasteiger partial charge in [0.1, 0.15) is 5.75 Å². The molecule has 5 rings (SSSR count). The summed E-state index contributed by atoms with van der Waals surface area (Å²) < 4.78 is 34.6. The fraction of sp³-hybridized carbons (Fsp3) is 0.435. The van der Waals surface area contributed by atoms with Crippen LogP contribution in [0.3, 0.4) is 0 Å². The molecule has 0 amide bonds. The second kappa shape index (κ2) is 7.88. The number of fused-ring (bicyclic) bond motifs is 1. The minimum atomic E-state index is -3.24. The predicted octanol–water partition coefficient (Wildman–Crippen LogP) is 3.42. The summed E-state index contributed by atoms with van der Waals surface area (Å²) in [6, 6.07) is 11.7. The van der Waals surface area contributed by atoms with E-state index in [2.05, 4.69) is 33.9 Å². The van der Waals surface area contributed by atoms with Gasteiger partial charge in [-0.15, -0.1) is 0 Å². The number of nitrogens with zero attached hydrogens (tertiary/aromatic N) is 4. The van der Waals surface area contributed by atoms with Crippen LogP contribution in [0.5, 0.6) is 5.75 Å². The average Bonchev–Trinajstić information content (AvgIpc) is 3.16. The maximum absolute atomic E-state index is 11.6. The van der Waals surface area contributed by atoms with Crippen molar-refractivity contribution in [2.24, 2.45) is 17.8 Å². The number of aromatic nitrogens is 3. The van der Waals surface area contributed by atoms with Crippen molar-refractivity contribution in [3.8, 4) is 17.0 Å². The van der Waals surface area contributed by atoms with E-state index in [1.54, 1.807) is 12.1 Å². The number of benzene rings is 1. The van der Waals surface area contributed by atoms with Crippen LogP contribution < -0.4 is 9.64 Å². The minimum Gasteiger partial charge on any atom is -0.493 e. The maximum atomic E-state index is 11.6. The molecule has 2 aliphatic rings. The number of hydrogen-bond acceptors (Lipinski definition) is 8. The van der Waals surface area contributed by atoms with Gasteiger partial charge in [0.15, 0.2) is 15.7 Å². The first-order valence-corrected chi connectivity index (χ1v) is 12.7. The van der Waals surface area contributed by atoms with E-state index in [4.69, 9.17) is 9.26 Å². The lowest BCUT2D eigenvalue weighted by atomic mass is 10.1. The van der Waals surface area contributed by atoms with Gasteiger partial charge in [0.25, 0.3) is 0 Å². The summed E-state index contributed by atoms with van der Waals surface area (Å²) >= 11 is 0. The van der Waals surface area contributed by atoms with Crippen molar-refractivity contribution >= 4 is 15.9 Å². The molecule has 1 aliphatic carbocycles. The number of rotatable bonds is 7. The summed E-state index contributed by atoms with van der Waals surface area (Å²) in [5, 5.41) is 4.06. The highest BCUT2D eigenvalue weighted by atomic mass is 32.2. The van der Waals surface area contributed by atoms with Crippen molar-refractivity contribution in [2.45, 2.75) is 24.7 Å². The van der Waals surface area contributed by atoms with E-state index >= 15 is 0 Å². The van der Waals surface area contributed by atoms with Gasteiger partial charge in [-0.05, 0) is 48.2 Å². The summed E-state index contributed by atoms with van der Waals surface area (Å²) in [7, 11) is -3.24. The van der Waals surface area contributed by atoms with Crippen LogP contribution in [-0.2, 0) is 9.84 Å². The highest BCUT2D eigenvalue weighted by Crippen LogP contribution is 2.52. The SMILES string of the molecule is CC(C)c1noc(N2C[C@@H]3[C@H](COc4ccc(-c5ccc(S(C)(=O)=O)cn5)cc4)[C@@H]3C2)n1. The summed E-state index contributed by atoms with van der Waals surface area (Å²) in [6.07, 6.45) is 2.57. The Morgan fingerprint density at radius 3 is 2.41 bits per heavy atom. The molecule has 168 valence electrons. The zero-order valence-corrected chi connectivity index (χ0v) is 19.1. The zero-order chi connectivity index (χ0) is 22.5. The molecular formula is C23H26N4O4S. The second-order valence-electron chi connectivity index (χ2n) is 8.97. The van der Waals surface area contributed by atoms with Crippen LogP contribution in [0.25, 0.3) is 11.3 Å². The average molecular weight is 455 g/mol. The largest absolute Gasteiger partial charge is 0.493 e. The molecule has 8 nitrogen and oxygen atoms in total. The van der Waals surface area contributed by atoms with Gasteiger partial charge in [-0.25, -0.2) is 8.42 Å². The van der Waals surface area contributed by atoms with E-state index in [1.165, 1.54) is 12.5 Å². The molecule has 2 fully saturated rings. The van der Waals surface area contributed by atoms with Crippen molar-refractivity contribution in [3.63, 3.8) is 0 Å². The Hall–Kier alpha value is -2.94. The molecule has 1 aliphatic heterocycles. The normalized spacial score (nSPS) is 22.2. The first kappa shape index (κ1) is 20.9. The third-order valence-corrected chi connectivity index (χ3v) is 7.44. The van der Waals surface area contributed by atoms with E-state index in [9.17, 15) is 8.42 Å². The number of hydrogen-bond donors (Lipinski definition) is 0. The minimum absolute atomic E-state index is 0.217. The highest BCUT2D eigenvalue weighted by molar-refractivity contribution is 7.90. The molecule has 32 heavy (non-hydrogen) atoms. The van der Waals surface area contributed by atoms with Crippen LogP contribution in [-0.4, -0.2) is 49.5 Å². The van der Waals surface area contributed by atoms with Gasteiger partial charge >= 0.3 is 6.01 Å². The van der Waals surface area contributed by atoms with Crippen LogP contribution in [0.2, 0.25) is 0 Å². The fourth-order valence-electron chi connectivity index (χ4n) is 4.33. The quantitative estimate of drug-likeness (QED) is 0.536. The third kappa shape index (κ3) is 4.09. The van der Waals surface area contributed by atoms with Gasteiger partial charge < -0.3 is 14.2 Å². The molecule has 3 heterocycles. The molecule has 1 aromatic carbocycles. The Kier molecular flexibility index (Phi) is 5.16. The lowest BCUT2D eigenvalue weighted by Crippen LogP contribution is -2.25. The first-order valence-electron chi connectivity index (χ1n) is 10.8. The van der Waals surface area contributed by atoms with E-state index in [0.29, 0.717) is 30.4 Å². The summed E-state index contributed by atoms with van der Waals surface area (Å²) in [4.78, 5) is 11.2. The molecular weight excluding hydrogens is 428 g/mol. The lowest BCUT2D eigenvalue weighted by molar-refractivity contribution is 0.282. The molecule has 0 N–H and O–H groups in total. The number of ether oxygens (including phenoxy) is 1. The van der Waals surface area contributed by atoms with Crippen LogP contribution >= 0.6 is 0 Å². The topological polar surface area (TPSA) is 98.4 Å². The first-order chi connectivity index (χ1) is 15.3. The summed E-state index contributed by atoms with van der Waals surface area (Å²) in [5.41, 5.74) is 1.64. The molecule has 9 heteroatoms. The lowest BCUT2D eigenvalue weighted by Gasteiger charge is -2.17. The van der Waals surface area contributed by atoms with Crippen molar-refractivity contribution < 1.29 is 17.7 Å². The van der Waals surface area contributed by atoms with Crippen molar-refractivity contribution in [3.05, 3.63) is 48.4 Å². The van der Waals surface area contributed by atoms with Crippen LogP contribution in [0, 0.1) is 17.8 Å². The van der Waals surface area contributed by atoms with Crippen molar-refractivity contribution in [1.29, 1.82) is 0 Å². The molecule has 1 saturated carbocycles. The molecule has 0 unspecified atom stereocenters. The maximum Gasteiger partial charge on any atom is 0.324 e. The highest BCUT2D eigenvalue weighted by Gasteiger charge is 2.56. The molecule has 2 aromatic heterocycles. The van der Waals surface area contributed by atoms with Gasteiger partial charge in [0, 0.05) is 42.9 Å². The molecule has 0 spiro atoms. The van der Waals surface area contributed by atoms with E-state index in [-0.39, 0.29) is 10.8 Å². The van der Waals surface area contributed by atoms with E-state index in [1.807, 2.05) is 24.3 Å². The number of anilines is 1. The Morgan fingerprint density at radius 1 is 1.12 bits per heavy atom. The van der Waals surface area contributed by atoms with Crippen LogP contribution in [0.4, 0.5) is 6.01 Å². The van der Waals surface area contributed by atoms with Crippen molar-refractivity contribution in [1.82, 2.24) is 15.1 Å². The smallest absolute Gasteiger partial charge is 0.324 e. The molecule has 1 saturated heterocycles. The molecule has 0 bridgehead atoms. The molecule has 3 atom stereocenters. The fourth-order valence-corrected chi connectivity index (χ4v) is 4.89. The second-order valence-corrected chi connectivity index (χ2v) is 11.0. The third-order valence-electron chi connectivity index (χ3n) is 6.35. The molecule has 0 radical (unpaired) electrons. The number of piperidine rings is 1. The van der Waals surface area contributed by atoms with E-state index in [0.717, 1.165) is 35.9 Å². The Bertz CT molecular complexity index is 1190. The number of sulfone groups is 1. The van der Waals surface area contributed by atoms with Gasteiger partial charge in [-0.2, -0.15) is 4.98 Å². The predicted molar refractivity (Wildman–Crippen MR) is 119 cm³/mol. The molecule has 3 aromatic rings. The Labute approximate surface area is 187 Å². The van der Waals surface area contributed by atoms with Crippen LogP contribution in [0.1, 0.15) is 25.6 Å². The van der Waals surface area contributed by atoms with Gasteiger partial charge in [0.2, 0.25) is 0 Å². The van der Waals surface area contributed by atoms with Crippen LogP contribution in [0.15, 0.2) is 52.0 Å². The van der Waals surface area contributed by atoms with Gasteiger partial charge in [-0.1, -0.05) is 19.0 Å². The van der Waals surface area contributed by atoms with E-state index < -0.39 is 9.84 Å². The van der Waals surface area contributed by atoms with Crippen molar-refractivity contribution in [2.75, 3.05) is 30.9 Å². The summed E-state index contributed by atoms with van der Waals surface area (Å²) in [6.45, 7) is 6.69. The summed E-state index contributed by atoms with van der Waals surface area (Å²) in [5.74, 6) is 3.62. The van der Waals surface area contributed by atoms with Gasteiger partial charge in [-0.3, -0.25) is 4.98 Å². The monoisotopic (exact) mass is 454 g/mol. The zero-order valence-electron chi connectivity index (χ0n) is 18.3. The Balaban J connectivity index is 1.13. The Morgan fingerprint density at radius 2 is 1.84 bits per heavy atom.